The van der Waals surface area contributed by atoms with E-state index in [1.165, 1.54) is 40.1 Å². The molecule has 1 saturated carbocycles. The number of nitrogens with zero attached hydrogens (tertiary/aromatic N) is 4. The van der Waals surface area contributed by atoms with Crippen molar-refractivity contribution in [2.75, 3.05) is 24.2 Å². The predicted molar refractivity (Wildman–Crippen MR) is 171 cm³/mol. The van der Waals surface area contributed by atoms with Gasteiger partial charge >= 0.3 is 0 Å². The van der Waals surface area contributed by atoms with Crippen molar-refractivity contribution in [3.8, 4) is 22.4 Å². The highest BCUT2D eigenvalue weighted by molar-refractivity contribution is 7.92. The van der Waals surface area contributed by atoms with E-state index < -0.39 is 21.7 Å². The summed E-state index contributed by atoms with van der Waals surface area (Å²) in [6.07, 6.45) is 6.52. The van der Waals surface area contributed by atoms with Crippen LogP contribution in [0.2, 0.25) is 0 Å². The number of ketones is 1. The number of fused-ring (bicyclic) bond motifs is 1. The molecule has 1 aliphatic rings. The largest absolute Gasteiger partial charge is 0.355 e. The van der Waals surface area contributed by atoms with E-state index in [1.54, 1.807) is 43.6 Å². The summed E-state index contributed by atoms with van der Waals surface area (Å²) in [5, 5.41) is 7.31. The maximum atomic E-state index is 13.7. The molecule has 230 valence electrons. The molecule has 1 aliphatic carbocycles. The zero-order chi connectivity index (χ0) is 31.9. The first kappa shape index (κ1) is 30.1. The molecule has 0 radical (unpaired) electrons. The Labute approximate surface area is 260 Å². The molecule has 0 atom stereocenters. The summed E-state index contributed by atoms with van der Waals surface area (Å²) < 4.78 is 42.4. The Morgan fingerprint density at radius 2 is 1.78 bits per heavy atom. The zero-order valence-electron chi connectivity index (χ0n) is 25.1. The van der Waals surface area contributed by atoms with Crippen molar-refractivity contribution in [1.29, 1.82) is 0 Å². The van der Waals surface area contributed by atoms with Crippen molar-refractivity contribution >= 4 is 32.9 Å². The van der Waals surface area contributed by atoms with Gasteiger partial charge in [-0.05, 0) is 73.9 Å². The van der Waals surface area contributed by atoms with Crippen LogP contribution < -0.4 is 9.62 Å². The molecule has 6 rings (SSSR count). The SMILES string of the molecule is CCN(c1cn2nc(-c3ccc(F)cc3)c(C(=O)NC)c2cc1-c1cccc(C(=O)CC2(c3ccccn3)CC2)c1)S(C)(=O)=O. The Hall–Kier alpha value is -4.90. The molecule has 0 saturated heterocycles. The maximum Gasteiger partial charge on any atom is 0.255 e. The lowest BCUT2D eigenvalue weighted by Crippen LogP contribution is -2.30. The van der Waals surface area contributed by atoms with E-state index in [-0.39, 0.29) is 23.3 Å². The average Bonchev–Trinajstić information content (AvgIpc) is 3.72. The van der Waals surface area contributed by atoms with Crippen LogP contribution in [0.3, 0.4) is 0 Å². The topological polar surface area (TPSA) is 114 Å². The van der Waals surface area contributed by atoms with Crippen LogP contribution in [0.5, 0.6) is 0 Å². The number of benzene rings is 2. The number of carbonyl (C=O) groups excluding carboxylic acids is 2. The van der Waals surface area contributed by atoms with Crippen LogP contribution in [0.15, 0.2) is 85.2 Å². The first-order chi connectivity index (χ1) is 21.5. The Bertz CT molecular complexity index is 2040. The van der Waals surface area contributed by atoms with Gasteiger partial charge in [-0.2, -0.15) is 5.10 Å². The summed E-state index contributed by atoms with van der Waals surface area (Å²) in [6, 6.07) is 20.2. The summed E-state index contributed by atoms with van der Waals surface area (Å²) in [5.74, 6) is -0.874. The molecule has 1 amide bonds. The Morgan fingerprint density at radius 3 is 2.40 bits per heavy atom. The number of sulfonamides is 1. The second-order valence-corrected chi connectivity index (χ2v) is 13.2. The van der Waals surface area contributed by atoms with Gasteiger partial charge in [-0.15, -0.1) is 0 Å². The molecule has 5 aromatic rings. The molecule has 1 N–H and O–H groups in total. The molecule has 0 bridgehead atoms. The van der Waals surface area contributed by atoms with Gasteiger partial charge in [0, 0.05) is 54.0 Å². The van der Waals surface area contributed by atoms with Crippen LogP contribution in [-0.4, -0.2) is 54.6 Å². The summed E-state index contributed by atoms with van der Waals surface area (Å²) in [4.78, 5) is 31.4. The summed E-state index contributed by atoms with van der Waals surface area (Å²) in [6.45, 7) is 1.86. The average molecular weight is 626 g/mol. The number of Topliss-reactive ketones (excluding diaryl/α,β-unsaturated/α-hetero) is 1. The first-order valence-corrected chi connectivity index (χ1v) is 16.5. The molecule has 3 aromatic heterocycles. The fourth-order valence-electron chi connectivity index (χ4n) is 5.87. The molecular weight excluding hydrogens is 593 g/mol. The Kier molecular flexibility index (Phi) is 7.74. The van der Waals surface area contributed by atoms with Gasteiger partial charge in [-0.3, -0.25) is 18.9 Å². The van der Waals surface area contributed by atoms with Crippen molar-refractivity contribution in [2.45, 2.75) is 31.6 Å². The molecule has 11 heteroatoms. The fourth-order valence-corrected chi connectivity index (χ4v) is 6.84. The number of aromatic nitrogens is 3. The van der Waals surface area contributed by atoms with Gasteiger partial charge in [0.2, 0.25) is 10.0 Å². The predicted octanol–water partition coefficient (Wildman–Crippen LogP) is 5.65. The zero-order valence-corrected chi connectivity index (χ0v) is 25.9. The van der Waals surface area contributed by atoms with E-state index in [2.05, 4.69) is 15.4 Å². The van der Waals surface area contributed by atoms with Gasteiger partial charge in [0.15, 0.2) is 5.78 Å². The van der Waals surface area contributed by atoms with Gasteiger partial charge in [0.1, 0.15) is 11.5 Å². The van der Waals surface area contributed by atoms with E-state index in [0.29, 0.717) is 45.6 Å². The highest BCUT2D eigenvalue weighted by atomic mass is 32.2. The number of carbonyl (C=O) groups is 2. The summed E-state index contributed by atoms with van der Waals surface area (Å²) in [7, 11) is -2.22. The Balaban J connectivity index is 1.51. The third-order valence-corrected chi connectivity index (χ3v) is 9.59. The molecule has 0 unspecified atom stereocenters. The minimum Gasteiger partial charge on any atom is -0.355 e. The lowest BCUT2D eigenvalue weighted by molar-refractivity contribution is 0.0959. The molecule has 9 nitrogen and oxygen atoms in total. The van der Waals surface area contributed by atoms with Gasteiger partial charge < -0.3 is 5.32 Å². The second kappa shape index (κ2) is 11.6. The second-order valence-electron chi connectivity index (χ2n) is 11.3. The summed E-state index contributed by atoms with van der Waals surface area (Å²) in [5.41, 5.74) is 4.08. The van der Waals surface area contributed by atoms with Crippen molar-refractivity contribution in [2.24, 2.45) is 0 Å². The van der Waals surface area contributed by atoms with E-state index in [1.807, 2.05) is 24.3 Å². The number of pyridine rings is 2. The van der Waals surface area contributed by atoms with Crippen LogP contribution in [0, 0.1) is 5.82 Å². The molecule has 0 aliphatic heterocycles. The number of nitrogens with one attached hydrogen (secondary N) is 1. The van der Waals surface area contributed by atoms with Crippen LogP contribution >= 0.6 is 0 Å². The monoisotopic (exact) mass is 625 g/mol. The Morgan fingerprint density at radius 1 is 1.02 bits per heavy atom. The number of halogens is 1. The lowest BCUT2D eigenvalue weighted by Gasteiger charge is -2.24. The smallest absolute Gasteiger partial charge is 0.255 e. The molecule has 45 heavy (non-hydrogen) atoms. The minimum absolute atomic E-state index is 0.0351. The number of hydrogen-bond acceptors (Lipinski definition) is 6. The third kappa shape index (κ3) is 5.71. The maximum absolute atomic E-state index is 13.7. The highest BCUT2D eigenvalue weighted by Gasteiger charge is 2.47. The molecule has 2 aromatic carbocycles. The molecule has 0 spiro atoms. The van der Waals surface area contributed by atoms with Crippen LogP contribution in [-0.2, 0) is 15.4 Å². The van der Waals surface area contributed by atoms with Gasteiger partial charge in [0.05, 0.1) is 29.2 Å². The van der Waals surface area contributed by atoms with Crippen molar-refractivity contribution in [3.05, 3.63) is 108 Å². The lowest BCUT2D eigenvalue weighted by atomic mass is 9.91. The van der Waals surface area contributed by atoms with Gasteiger partial charge in [0.25, 0.3) is 5.91 Å². The fraction of sp³-hybridized carbons (Fsp3) is 0.235. The van der Waals surface area contributed by atoms with Crippen LogP contribution in [0.25, 0.3) is 27.9 Å². The molecular formula is C34H32FN5O4S. The van der Waals surface area contributed by atoms with E-state index in [9.17, 15) is 22.4 Å². The quantitative estimate of drug-likeness (QED) is 0.201. The first-order valence-electron chi connectivity index (χ1n) is 14.6. The molecule has 1 fully saturated rings. The van der Waals surface area contributed by atoms with E-state index in [4.69, 9.17) is 0 Å². The van der Waals surface area contributed by atoms with Crippen LogP contribution in [0.4, 0.5) is 10.1 Å². The van der Waals surface area contributed by atoms with Crippen molar-refractivity contribution in [1.82, 2.24) is 19.9 Å². The highest BCUT2D eigenvalue weighted by Crippen LogP contribution is 2.50. The van der Waals surface area contributed by atoms with E-state index in [0.717, 1.165) is 24.8 Å². The standard InChI is InChI=1S/C34H32FN5O4S/c1-4-40(45(3,43)44)28-21-39-27(31(33(42)36-2)32(38-39)22-11-13-25(35)14-12-22)19-26(28)23-8-7-9-24(18-23)29(41)20-34(15-16-34)30-10-5-6-17-37-30/h5-14,17-19,21H,4,15-16,20H2,1-3H3,(H,36,42). The van der Waals surface area contributed by atoms with Crippen molar-refractivity contribution < 1.29 is 22.4 Å². The van der Waals surface area contributed by atoms with Crippen molar-refractivity contribution in [3.63, 3.8) is 0 Å². The number of hydrogen-bond donors (Lipinski definition) is 1. The number of anilines is 1. The normalized spacial score (nSPS) is 13.9. The molecule has 3 heterocycles. The number of rotatable bonds is 10. The van der Waals surface area contributed by atoms with Gasteiger partial charge in [-0.25, -0.2) is 17.3 Å². The van der Waals surface area contributed by atoms with Gasteiger partial charge in [-0.1, -0.05) is 24.3 Å². The van der Waals surface area contributed by atoms with Crippen LogP contribution in [0.1, 0.15) is 52.6 Å². The minimum atomic E-state index is -3.72. The van der Waals surface area contributed by atoms with E-state index >= 15 is 0 Å². The number of amides is 1. The summed E-state index contributed by atoms with van der Waals surface area (Å²) >= 11 is 0. The third-order valence-electron chi connectivity index (χ3n) is 8.33.